The minimum absolute atomic E-state index is 0.0749. The number of hydrogen-bond acceptors (Lipinski definition) is 4. The van der Waals surface area contributed by atoms with Crippen LogP contribution in [0.4, 0.5) is 0 Å². The lowest BCUT2D eigenvalue weighted by atomic mass is 10.0. The molecule has 0 aliphatic carbocycles. The van der Waals surface area contributed by atoms with Crippen molar-refractivity contribution < 1.29 is 17.9 Å². The third kappa shape index (κ3) is 4.19. The van der Waals surface area contributed by atoms with Gasteiger partial charge in [0, 0.05) is 29.9 Å². The maximum Gasteiger partial charge on any atom is 0.261 e. The Labute approximate surface area is 117 Å². The number of benzene rings is 1. The fourth-order valence-electron chi connectivity index (χ4n) is 1.56. The van der Waals surface area contributed by atoms with E-state index < -0.39 is 9.05 Å². The highest BCUT2D eigenvalue weighted by Crippen LogP contribution is 2.22. The highest BCUT2D eigenvalue weighted by molar-refractivity contribution is 8.13. The summed E-state index contributed by atoms with van der Waals surface area (Å²) in [4.78, 5) is 11.9. The molecule has 0 spiro atoms. The van der Waals surface area contributed by atoms with Gasteiger partial charge in [0.05, 0.1) is 11.5 Å². The molecule has 0 aliphatic rings. The number of nitrogens with one attached hydrogen (secondary N) is 1. The summed E-state index contributed by atoms with van der Waals surface area (Å²) in [5, 5.41) is 2.64. The molecule has 0 heterocycles. The number of amides is 1. The summed E-state index contributed by atoms with van der Waals surface area (Å²) in [6.07, 6.45) is 0. The van der Waals surface area contributed by atoms with Crippen molar-refractivity contribution >= 4 is 25.6 Å². The van der Waals surface area contributed by atoms with Crippen LogP contribution in [0.5, 0.6) is 0 Å². The molecule has 19 heavy (non-hydrogen) atoms. The summed E-state index contributed by atoms with van der Waals surface area (Å²) in [5.74, 6) is -0.347. The molecule has 0 saturated heterocycles. The first kappa shape index (κ1) is 15.9. The van der Waals surface area contributed by atoms with Crippen LogP contribution in [0, 0.1) is 13.8 Å². The fourth-order valence-corrected chi connectivity index (χ4v) is 2.41. The molecule has 1 aromatic carbocycles. The van der Waals surface area contributed by atoms with Gasteiger partial charge in [-0.3, -0.25) is 4.79 Å². The molecule has 0 unspecified atom stereocenters. The quantitative estimate of drug-likeness (QED) is 0.662. The number of hydrogen-bond donors (Lipinski definition) is 1. The van der Waals surface area contributed by atoms with Crippen LogP contribution < -0.4 is 5.32 Å². The molecule has 0 fully saturated rings. The van der Waals surface area contributed by atoms with Gasteiger partial charge >= 0.3 is 0 Å². The molecular formula is C12H16ClNO4S. The standard InChI is InChI=1S/C12H16ClNO4S/c1-8-6-10(19(13,16)17)7-11(9(8)2)12(15)14-4-5-18-3/h6-7H,4-5H2,1-3H3,(H,14,15). The highest BCUT2D eigenvalue weighted by Gasteiger charge is 2.17. The van der Waals surface area contributed by atoms with E-state index in [-0.39, 0.29) is 10.8 Å². The molecule has 0 bridgehead atoms. The zero-order valence-corrected chi connectivity index (χ0v) is 12.6. The van der Waals surface area contributed by atoms with Crippen molar-refractivity contribution in [3.63, 3.8) is 0 Å². The first-order chi connectivity index (χ1) is 8.77. The predicted octanol–water partition coefficient (Wildman–Crippen LogP) is 1.61. The molecule has 1 rings (SSSR count). The molecule has 1 N–H and O–H groups in total. The summed E-state index contributed by atoms with van der Waals surface area (Å²) in [6.45, 7) is 4.22. The van der Waals surface area contributed by atoms with Gasteiger partial charge in [0.2, 0.25) is 0 Å². The van der Waals surface area contributed by atoms with Gasteiger partial charge in [-0.15, -0.1) is 0 Å². The molecule has 1 amide bonds. The molecule has 5 nitrogen and oxygen atoms in total. The van der Waals surface area contributed by atoms with Crippen LogP contribution in [0.1, 0.15) is 21.5 Å². The minimum Gasteiger partial charge on any atom is -0.383 e. The molecule has 1 aromatic rings. The van der Waals surface area contributed by atoms with Gasteiger partial charge in [-0.1, -0.05) is 0 Å². The first-order valence-electron chi connectivity index (χ1n) is 5.60. The number of aryl methyl sites for hydroxylation is 1. The SMILES string of the molecule is COCCNC(=O)c1cc(S(=O)(=O)Cl)cc(C)c1C. The minimum atomic E-state index is -3.86. The summed E-state index contributed by atoms with van der Waals surface area (Å²) in [6, 6.07) is 2.73. The number of carbonyl (C=O) groups excluding carboxylic acids is 1. The molecule has 0 radical (unpaired) electrons. The Morgan fingerprint density at radius 1 is 1.37 bits per heavy atom. The van der Waals surface area contributed by atoms with Crippen LogP contribution in [0.15, 0.2) is 17.0 Å². The van der Waals surface area contributed by atoms with Crippen molar-refractivity contribution in [3.8, 4) is 0 Å². The van der Waals surface area contributed by atoms with Crippen molar-refractivity contribution in [3.05, 3.63) is 28.8 Å². The van der Waals surface area contributed by atoms with E-state index >= 15 is 0 Å². The number of methoxy groups -OCH3 is 1. The summed E-state index contributed by atoms with van der Waals surface area (Å²) in [7, 11) is 2.98. The van der Waals surface area contributed by atoms with Gasteiger partial charge in [-0.05, 0) is 37.1 Å². The molecule has 106 valence electrons. The second-order valence-corrected chi connectivity index (χ2v) is 6.67. The van der Waals surface area contributed by atoms with Crippen LogP contribution >= 0.6 is 10.7 Å². The number of rotatable bonds is 5. The van der Waals surface area contributed by atoms with E-state index in [1.807, 2.05) is 0 Å². The molecular weight excluding hydrogens is 290 g/mol. The van der Waals surface area contributed by atoms with E-state index in [1.165, 1.54) is 19.2 Å². The van der Waals surface area contributed by atoms with Crippen LogP contribution in [0.25, 0.3) is 0 Å². The maximum atomic E-state index is 12.0. The average molecular weight is 306 g/mol. The van der Waals surface area contributed by atoms with E-state index in [9.17, 15) is 13.2 Å². The Morgan fingerprint density at radius 2 is 2.00 bits per heavy atom. The lowest BCUT2D eigenvalue weighted by Gasteiger charge is -2.11. The van der Waals surface area contributed by atoms with Crippen LogP contribution in [-0.4, -0.2) is 34.6 Å². The Balaban J connectivity index is 3.13. The van der Waals surface area contributed by atoms with Crippen molar-refractivity contribution in [2.45, 2.75) is 18.7 Å². The monoisotopic (exact) mass is 305 g/mol. The Kier molecular flexibility index (Phi) is 5.34. The van der Waals surface area contributed by atoms with Crippen molar-refractivity contribution in [1.82, 2.24) is 5.32 Å². The first-order valence-corrected chi connectivity index (χ1v) is 7.91. The molecule has 7 heteroatoms. The molecule has 0 aliphatic heterocycles. The smallest absolute Gasteiger partial charge is 0.261 e. The Hall–Kier alpha value is -1.11. The lowest BCUT2D eigenvalue weighted by molar-refractivity contribution is 0.0936. The van der Waals surface area contributed by atoms with E-state index in [0.717, 1.165) is 5.56 Å². The average Bonchev–Trinajstić information content (AvgIpc) is 2.31. The van der Waals surface area contributed by atoms with Crippen molar-refractivity contribution in [1.29, 1.82) is 0 Å². The number of ether oxygens (including phenoxy) is 1. The predicted molar refractivity (Wildman–Crippen MR) is 73.2 cm³/mol. The zero-order chi connectivity index (χ0) is 14.6. The zero-order valence-electron chi connectivity index (χ0n) is 11.0. The van der Waals surface area contributed by atoms with Gasteiger partial charge in [-0.2, -0.15) is 0 Å². The van der Waals surface area contributed by atoms with Crippen LogP contribution in [-0.2, 0) is 13.8 Å². The van der Waals surface area contributed by atoms with E-state index in [2.05, 4.69) is 5.32 Å². The van der Waals surface area contributed by atoms with Gasteiger partial charge < -0.3 is 10.1 Å². The van der Waals surface area contributed by atoms with E-state index in [1.54, 1.807) is 13.8 Å². The molecule has 0 atom stereocenters. The van der Waals surface area contributed by atoms with Gasteiger partial charge in [0.15, 0.2) is 0 Å². The van der Waals surface area contributed by atoms with Crippen molar-refractivity contribution in [2.75, 3.05) is 20.3 Å². The van der Waals surface area contributed by atoms with Crippen molar-refractivity contribution in [2.24, 2.45) is 0 Å². The summed E-state index contributed by atoms with van der Waals surface area (Å²) >= 11 is 0. The summed E-state index contributed by atoms with van der Waals surface area (Å²) < 4.78 is 27.5. The topological polar surface area (TPSA) is 72.5 Å². The van der Waals surface area contributed by atoms with E-state index in [0.29, 0.717) is 24.3 Å². The fraction of sp³-hybridized carbons (Fsp3) is 0.417. The Bertz CT molecular complexity index is 584. The number of carbonyl (C=O) groups is 1. The molecule has 0 saturated carbocycles. The van der Waals surface area contributed by atoms with E-state index in [4.69, 9.17) is 15.4 Å². The van der Waals surface area contributed by atoms with Crippen LogP contribution in [0.2, 0.25) is 0 Å². The summed E-state index contributed by atoms with van der Waals surface area (Å²) in [5.41, 5.74) is 1.72. The third-order valence-corrected chi connectivity index (χ3v) is 4.09. The molecule has 0 aromatic heterocycles. The Morgan fingerprint density at radius 3 is 2.53 bits per heavy atom. The van der Waals surface area contributed by atoms with Gasteiger partial charge in [-0.25, -0.2) is 8.42 Å². The van der Waals surface area contributed by atoms with Gasteiger partial charge in [0.1, 0.15) is 0 Å². The van der Waals surface area contributed by atoms with Gasteiger partial charge in [0.25, 0.3) is 15.0 Å². The highest BCUT2D eigenvalue weighted by atomic mass is 35.7. The normalized spacial score (nSPS) is 11.4. The largest absolute Gasteiger partial charge is 0.383 e. The van der Waals surface area contributed by atoms with Crippen LogP contribution in [0.3, 0.4) is 0 Å². The third-order valence-electron chi connectivity index (χ3n) is 2.76. The maximum absolute atomic E-state index is 12.0. The lowest BCUT2D eigenvalue weighted by Crippen LogP contribution is -2.27. The second kappa shape index (κ2) is 6.36. The second-order valence-electron chi connectivity index (χ2n) is 4.10. The number of halogens is 1.